The van der Waals surface area contributed by atoms with E-state index in [1.807, 2.05) is 43.0 Å². The van der Waals surface area contributed by atoms with Gasteiger partial charge in [-0.1, -0.05) is 109 Å². The van der Waals surface area contributed by atoms with E-state index in [4.69, 9.17) is 9.29 Å². The molecule has 2 aromatic carbocycles. The Morgan fingerprint density at radius 2 is 1.24 bits per heavy atom. The highest BCUT2D eigenvalue weighted by molar-refractivity contribution is 7.81. The molecule has 0 radical (unpaired) electrons. The van der Waals surface area contributed by atoms with Crippen molar-refractivity contribution >= 4 is 56.9 Å². The van der Waals surface area contributed by atoms with Crippen molar-refractivity contribution in [3.8, 4) is 5.75 Å². The number of carbonyl (C=O) groups excluding carboxylic acids is 6. The number of aromatic amines is 1. The molecule has 4 atom stereocenters. The number of nitrogens with zero attached hydrogens (tertiary/aromatic N) is 1. The fourth-order valence-corrected chi connectivity index (χ4v) is 7.86. The summed E-state index contributed by atoms with van der Waals surface area (Å²) in [7, 11) is -4.78. The summed E-state index contributed by atoms with van der Waals surface area (Å²) >= 11 is 0. The van der Waals surface area contributed by atoms with Crippen LogP contribution in [0.25, 0.3) is 10.9 Å². The second kappa shape index (κ2) is 28.6. The van der Waals surface area contributed by atoms with Crippen molar-refractivity contribution in [1.82, 2.24) is 36.5 Å². The van der Waals surface area contributed by atoms with E-state index in [1.54, 1.807) is 27.0 Å². The minimum absolute atomic E-state index is 0.0818. The van der Waals surface area contributed by atoms with Crippen LogP contribution in [0.3, 0.4) is 0 Å². The number of para-hydroxylation sites is 1. The Labute approximate surface area is 402 Å². The molecule has 3 rings (SSSR count). The van der Waals surface area contributed by atoms with Gasteiger partial charge in [-0.05, 0) is 75.8 Å². The molecule has 0 aliphatic carbocycles. The molecule has 1 aromatic heterocycles. The average molecular weight is 970 g/mol. The van der Waals surface area contributed by atoms with Gasteiger partial charge in [0.15, 0.2) is 0 Å². The second-order valence-corrected chi connectivity index (χ2v) is 19.1. The highest BCUT2D eigenvalue weighted by Crippen LogP contribution is 2.20. The zero-order valence-electron chi connectivity index (χ0n) is 40.9. The highest BCUT2D eigenvalue weighted by Gasteiger charge is 2.32. The third-order valence-electron chi connectivity index (χ3n) is 11.1. The van der Waals surface area contributed by atoms with Crippen LogP contribution in [-0.4, -0.2) is 108 Å². The largest absolute Gasteiger partial charge is 0.446 e. The van der Waals surface area contributed by atoms with Crippen LogP contribution < -0.4 is 30.8 Å². The third-order valence-corrected chi connectivity index (χ3v) is 11.5. The van der Waals surface area contributed by atoms with Crippen LogP contribution in [0.2, 0.25) is 0 Å². The number of aromatic nitrogens is 1. The first kappa shape index (κ1) is 56.6. The van der Waals surface area contributed by atoms with Crippen molar-refractivity contribution < 1.29 is 50.7 Å². The summed E-state index contributed by atoms with van der Waals surface area (Å²) in [6.07, 6.45) is 9.83. The number of ether oxygens (including phenoxy) is 1. The first-order valence-corrected chi connectivity index (χ1v) is 25.4. The summed E-state index contributed by atoms with van der Waals surface area (Å²) in [6.45, 7) is 13.7. The molecular weight excluding hydrogens is 895 g/mol. The summed E-state index contributed by atoms with van der Waals surface area (Å²) < 4.78 is 41.3. The molecule has 0 saturated heterocycles. The van der Waals surface area contributed by atoms with Gasteiger partial charge in [0.05, 0.1) is 6.54 Å². The number of rotatable bonds is 30. The number of benzene rings is 2. The SMILES string of the molecule is CCCCCN(CCCCC)C(=O)[C@H](CCCC)NC(=O)[C@@H](Cc1c[nH]c2ccccc12)NC(=O)CNC(=O)[C@H](CCCC)NC(=O)[C@H](Cc1ccc(OS(=O)(=O)O)cc1)NC(=O)OC(C)(C)C. The van der Waals surface area contributed by atoms with Crippen LogP contribution >= 0.6 is 0 Å². The van der Waals surface area contributed by atoms with Crippen LogP contribution in [0.1, 0.15) is 137 Å². The van der Waals surface area contributed by atoms with Gasteiger partial charge in [0.2, 0.25) is 29.5 Å². The zero-order valence-corrected chi connectivity index (χ0v) is 41.7. The first-order chi connectivity index (χ1) is 32.3. The lowest BCUT2D eigenvalue weighted by Crippen LogP contribution is -2.57. The Morgan fingerprint density at radius 1 is 0.676 bits per heavy atom. The molecule has 6 amide bonds. The number of hydrogen-bond acceptors (Lipinski definition) is 10. The zero-order chi connectivity index (χ0) is 50.3. The summed E-state index contributed by atoms with van der Waals surface area (Å²) in [5, 5.41) is 14.5. The van der Waals surface area contributed by atoms with Crippen LogP contribution in [0.15, 0.2) is 54.7 Å². The fraction of sp³-hybridized carbons (Fsp3) is 0.592. The van der Waals surface area contributed by atoms with Gasteiger partial charge in [0.25, 0.3) is 0 Å². The number of fused-ring (bicyclic) bond motifs is 1. The van der Waals surface area contributed by atoms with Crippen molar-refractivity contribution in [3.63, 3.8) is 0 Å². The van der Waals surface area contributed by atoms with Gasteiger partial charge in [0, 0.05) is 43.0 Å². The van der Waals surface area contributed by atoms with E-state index in [0.717, 1.165) is 61.4 Å². The van der Waals surface area contributed by atoms with E-state index in [2.05, 4.69) is 49.6 Å². The van der Waals surface area contributed by atoms with E-state index >= 15 is 0 Å². The maximum Gasteiger partial charge on any atom is 0.446 e. The lowest BCUT2D eigenvalue weighted by Gasteiger charge is -2.29. The molecule has 0 fully saturated rings. The van der Waals surface area contributed by atoms with E-state index in [1.165, 1.54) is 24.3 Å². The summed E-state index contributed by atoms with van der Waals surface area (Å²) in [5.74, 6) is -2.97. The molecule has 0 bridgehead atoms. The topological polar surface area (TPSA) is 254 Å². The monoisotopic (exact) mass is 970 g/mol. The lowest BCUT2D eigenvalue weighted by molar-refractivity contribution is -0.137. The number of H-pyrrole nitrogens is 1. The van der Waals surface area contributed by atoms with Crippen LogP contribution in [0.4, 0.5) is 4.79 Å². The third kappa shape index (κ3) is 20.7. The van der Waals surface area contributed by atoms with Crippen molar-refractivity contribution in [3.05, 3.63) is 65.9 Å². The van der Waals surface area contributed by atoms with Gasteiger partial charge in [-0.25, -0.2) is 4.79 Å². The molecule has 18 nitrogen and oxygen atoms in total. The normalized spacial score (nSPS) is 13.4. The molecule has 0 unspecified atom stereocenters. The van der Waals surface area contributed by atoms with Crippen LogP contribution in [-0.2, 0) is 52.0 Å². The van der Waals surface area contributed by atoms with Gasteiger partial charge in [-0.2, -0.15) is 8.42 Å². The second-order valence-electron chi connectivity index (χ2n) is 18.1. The van der Waals surface area contributed by atoms with Crippen molar-refractivity contribution in [1.29, 1.82) is 0 Å². The van der Waals surface area contributed by atoms with Gasteiger partial charge >= 0.3 is 16.5 Å². The number of hydrogen-bond donors (Lipinski definition) is 7. The van der Waals surface area contributed by atoms with Gasteiger partial charge in [-0.15, -0.1) is 0 Å². The van der Waals surface area contributed by atoms with Crippen molar-refractivity contribution in [2.75, 3.05) is 19.6 Å². The minimum atomic E-state index is -4.78. The summed E-state index contributed by atoms with van der Waals surface area (Å²) in [6, 6.07) is 8.59. The molecule has 0 aliphatic heterocycles. The number of alkyl carbamates (subject to hydrolysis) is 1. The molecule has 0 spiro atoms. The van der Waals surface area contributed by atoms with Crippen LogP contribution in [0, 0.1) is 0 Å². The van der Waals surface area contributed by atoms with Crippen LogP contribution in [0.5, 0.6) is 5.75 Å². The lowest BCUT2D eigenvalue weighted by atomic mass is 10.0. The first-order valence-electron chi connectivity index (χ1n) is 24.0. The maximum absolute atomic E-state index is 14.3. The average Bonchev–Trinajstić information content (AvgIpc) is 3.69. The van der Waals surface area contributed by atoms with Gasteiger partial charge in [-0.3, -0.25) is 28.5 Å². The maximum atomic E-state index is 14.3. The molecule has 0 saturated carbocycles. The molecule has 3 aromatic rings. The number of unbranched alkanes of at least 4 members (excludes halogenated alkanes) is 6. The van der Waals surface area contributed by atoms with Crippen molar-refractivity contribution in [2.45, 2.75) is 168 Å². The Kier molecular flexibility index (Phi) is 23.8. The van der Waals surface area contributed by atoms with E-state index < -0.39 is 76.4 Å². The van der Waals surface area contributed by atoms with Gasteiger partial charge in [0.1, 0.15) is 35.5 Å². The summed E-state index contributed by atoms with van der Waals surface area (Å²) in [5.41, 5.74) is 1.16. The smallest absolute Gasteiger partial charge is 0.444 e. The molecule has 19 heteroatoms. The predicted octanol–water partition coefficient (Wildman–Crippen LogP) is 6.19. The van der Waals surface area contributed by atoms with E-state index in [9.17, 15) is 37.2 Å². The Balaban J connectivity index is 1.83. The Morgan fingerprint density at radius 3 is 1.81 bits per heavy atom. The quantitative estimate of drug-likeness (QED) is 0.0293. The number of nitrogens with one attached hydrogen (secondary N) is 6. The molecule has 68 heavy (non-hydrogen) atoms. The molecule has 0 aliphatic rings. The summed E-state index contributed by atoms with van der Waals surface area (Å²) in [4.78, 5) is 88.0. The van der Waals surface area contributed by atoms with Crippen molar-refractivity contribution in [2.24, 2.45) is 0 Å². The molecule has 378 valence electrons. The highest BCUT2D eigenvalue weighted by atomic mass is 32.3. The number of amides is 6. The van der Waals surface area contributed by atoms with Gasteiger partial charge < -0.3 is 45.4 Å². The van der Waals surface area contributed by atoms with E-state index in [-0.39, 0.29) is 30.9 Å². The Hall–Kier alpha value is -5.69. The predicted molar refractivity (Wildman–Crippen MR) is 261 cm³/mol. The Bertz CT molecular complexity index is 2180. The standard InChI is InChI=1S/C49H75N7O11S/c1-8-12-18-28-56(29-19-13-9-2)47(61)40(22-15-11-4)54-46(60)42(31-35-32-50-38-23-17-16-20-37(35)38)52-43(57)33-51-44(58)39(21-14-10-3)53-45(59)41(55-48(62)66-49(5,6)7)30-34-24-26-36(27-25-34)67-68(63,64)65/h16-17,20,23-27,32,39-42,50H,8-15,18-19,21-22,28-31,33H2,1-7H3,(H,51,58)(H,52,57)(H,53,59)(H,54,60)(H,55,62)(H,63,64,65)/t39-,40-,41-,42+/m0/s1. The molecule has 1 heterocycles. The van der Waals surface area contributed by atoms with E-state index in [0.29, 0.717) is 44.3 Å². The fourth-order valence-electron chi connectivity index (χ4n) is 7.51. The molecule has 7 N–H and O–H groups in total. The molecular formula is C49H75N7O11S. The number of carbonyl (C=O) groups is 6. The minimum Gasteiger partial charge on any atom is -0.444 e.